The van der Waals surface area contributed by atoms with Gasteiger partial charge >= 0.3 is 12.0 Å². The van der Waals surface area contributed by atoms with Crippen molar-refractivity contribution in [2.24, 2.45) is 0 Å². The van der Waals surface area contributed by atoms with Crippen LogP contribution in [0.1, 0.15) is 44.1 Å². The molecule has 0 aliphatic carbocycles. The summed E-state index contributed by atoms with van der Waals surface area (Å²) in [5.41, 5.74) is 0.656. The Morgan fingerprint density at radius 3 is 2.73 bits per heavy atom. The normalized spacial score (nSPS) is 25.8. The Kier molecular flexibility index (Phi) is 5.02. The molecule has 1 saturated heterocycles. The van der Waals surface area contributed by atoms with Crippen molar-refractivity contribution in [2.75, 3.05) is 6.54 Å². The van der Waals surface area contributed by atoms with Crippen molar-refractivity contribution in [2.45, 2.75) is 44.4 Å². The molecule has 2 unspecified atom stereocenters. The molecule has 2 rings (SSSR count). The summed E-state index contributed by atoms with van der Waals surface area (Å²) in [6, 6.07) is -0.241. The third-order valence-electron chi connectivity index (χ3n) is 4.21. The molecule has 7 nitrogen and oxygen atoms in total. The van der Waals surface area contributed by atoms with E-state index in [1.165, 1.54) is 13.3 Å². The van der Waals surface area contributed by atoms with E-state index in [-0.39, 0.29) is 23.5 Å². The number of aromatic nitrogens is 2. The third-order valence-corrected chi connectivity index (χ3v) is 5.24. The number of aromatic amines is 1. The first-order valence-corrected chi connectivity index (χ1v) is 8.06. The fourth-order valence-electron chi connectivity index (χ4n) is 3.02. The molecule has 1 fully saturated rings. The minimum atomic E-state index is -1.11. The van der Waals surface area contributed by atoms with E-state index in [2.05, 4.69) is 9.97 Å². The van der Waals surface area contributed by atoms with E-state index in [9.17, 15) is 19.5 Å². The van der Waals surface area contributed by atoms with Crippen LogP contribution in [0.4, 0.5) is 4.79 Å². The Morgan fingerprint density at radius 1 is 1.55 bits per heavy atom. The van der Waals surface area contributed by atoms with Gasteiger partial charge in [-0.15, -0.1) is 0 Å². The van der Waals surface area contributed by atoms with Gasteiger partial charge in [-0.1, -0.05) is 11.8 Å². The number of amides is 2. The van der Waals surface area contributed by atoms with Gasteiger partial charge in [0.05, 0.1) is 24.5 Å². The van der Waals surface area contributed by atoms with Crippen molar-refractivity contribution >= 4 is 28.9 Å². The Balaban J connectivity index is 2.23. The average Bonchev–Trinajstić information content (AvgIpc) is 3.06. The molecule has 0 bridgehead atoms. The maximum absolute atomic E-state index is 12.7. The fourth-order valence-corrected chi connectivity index (χ4v) is 3.90. The Morgan fingerprint density at radius 2 is 2.27 bits per heavy atom. The van der Waals surface area contributed by atoms with E-state index in [4.69, 9.17) is 0 Å². The summed E-state index contributed by atoms with van der Waals surface area (Å²) < 4.78 is -0.539. The molecule has 0 saturated carbocycles. The van der Waals surface area contributed by atoms with Crippen LogP contribution in [0.15, 0.2) is 12.5 Å². The van der Waals surface area contributed by atoms with Crippen LogP contribution in [0, 0.1) is 0 Å². The van der Waals surface area contributed by atoms with Crippen molar-refractivity contribution in [3.8, 4) is 0 Å². The lowest BCUT2D eigenvalue weighted by atomic mass is 10.1. The van der Waals surface area contributed by atoms with Crippen molar-refractivity contribution in [3.63, 3.8) is 0 Å². The van der Waals surface area contributed by atoms with Crippen molar-refractivity contribution in [1.82, 2.24) is 9.97 Å². The van der Waals surface area contributed by atoms with E-state index in [1.54, 1.807) is 13.1 Å². The first-order chi connectivity index (χ1) is 10.4. The first-order valence-electron chi connectivity index (χ1n) is 7.18. The molecule has 0 aromatic carbocycles. The highest BCUT2D eigenvalue weighted by atomic mass is 32.2. The van der Waals surface area contributed by atoms with Gasteiger partial charge in [-0.05, 0) is 6.92 Å². The monoisotopic (exact) mass is 326 g/mol. The largest absolute Gasteiger partial charge is 0.521 e. The molecule has 0 spiro atoms. The maximum atomic E-state index is 12.7. The molecule has 2 heterocycles. The van der Waals surface area contributed by atoms with Gasteiger partial charge in [0, 0.05) is 31.7 Å². The van der Waals surface area contributed by atoms with Crippen LogP contribution in [0.3, 0.4) is 0 Å². The summed E-state index contributed by atoms with van der Waals surface area (Å²) in [5, 5.41) is 9.03. The predicted molar refractivity (Wildman–Crippen MR) is 81.1 cm³/mol. The third kappa shape index (κ3) is 3.07. The Bertz CT molecular complexity index is 575. The van der Waals surface area contributed by atoms with Crippen LogP contribution < -0.4 is 0 Å². The second kappa shape index (κ2) is 6.62. The molecule has 1 aliphatic heterocycles. The molecule has 2 N–H and O–H groups in total. The molecule has 1 aliphatic rings. The molecule has 1 aromatic rings. The molecular formula is C14H20N3O4S+. The van der Waals surface area contributed by atoms with Crippen LogP contribution in [-0.2, 0) is 9.59 Å². The predicted octanol–water partition coefficient (Wildman–Crippen LogP) is 2.32. The van der Waals surface area contributed by atoms with Crippen LogP contribution in [-0.4, -0.2) is 49.3 Å². The zero-order valence-corrected chi connectivity index (χ0v) is 13.4. The van der Waals surface area contributed by atoms with Crippen LogP contribution in [0.5, 0.6) is 0 Å². The maximum Gasteiger partial charge on any atom is 0.521 e. The number of carboxylic acid groups (broad SMARTS) is 1. The SMILES string of the molecule is CC(=O)SC(CC(=O)[N+]1(C(=O)O)CCC[C@H]1C)c1cnc[nH]1. The molecule has 22 heavy (non-hydrogen) atoms. The highest BCUT2D eigenvalue weighted by Gasteiger charge is 2.53. The number of thioether (sulfide) groups is 1. The van der Waals surface area contributed by atoms with Crippen LogP contribution >= 0.6 is 11.8 Å². The smallest absolute Gasteiger partial charge is 0.435 e. The van der Waals surface area contributed by atoms with Gasteiger partial charge in [0.2, 0.25) is 0 Å². The topological polar surface area (TPSA) is 100 Å². The van der Waals surface area contributed by atoms with Crippen LogP contribution in [0.2, 0.25) is 0 Å². The zero-order valence-electron chi connectivity index (χ0n) is 12.6. The van der Waals surface area contributed by atoms with Gasteiger partial charge in [0.25, 0.3) is 0 Å². The van der Waals surface area contributed by atoms with Gasteiger partial charge < -0.3 is 10.1 Å². The Hall–Kier alpha value is -1.67. The molecule has 120 valence electrons. The second-order valence-electron chi connectivity index (χ2n) is 5.57. The Labute approximate surface area is 132 Å². The number of nitrogens with zero attached hydrogens (tertiary/aromatic N) is 2. The average molecular weight is 326 g/mol. The summed E-state index contributed by atoms with van der Waals surface area (Å²) >= 11 is 1.02. The number of carbonyl (C=O) groups is 3. The number of imidazole rings is 1. The lowest BCUT2D eigenvalue weighted by Gasteiger charge is -2.30. The van der Waals surface area contributed by atoms with Gasteiger partial charge in [-0.2, -0.15) is 9.28 Å². The van der Waals surface area contributed by atoms with Crippen molar-refractivity contribution < 1.29 is 24.0 Å². The fraction of sp³-hybridized carbons (Fsp3) is 0.571. The van der Waals surface area contributed by atoms with Gasteiger partial charge in [-0.25, -0.2) is 9.78 Å². The lowest BCUT2D eigenvalue weighted by Crippen LogP contribution is -2.58. The van der Waals surface area contributed by atoms with Gasteiger partial charge in [-0.3, -0.25) is 4.79 Å². The number of nitrogens with one attached hydrogen (secondary N) is 1. The number of imide groups is 1. The summed E-state index contributed by atoms with van der Waals surface area (Å²) in [5.74, 6) is -0.356. The number of rotatable bonds is 4. The minimum absolute atomic E-state index is 0.0108. The lowest BCUT2D eigenvalue weighted by molar-refractivity contribution is -0.792. The number of hydrogen-bond acceptors (Lipinski definition) is 5. The van der Waals surface area contributed by atoms with Crippen molar-refractivity contribution in [3.05, 3.63) is 18.2 Å². The number of quaternary nitrogens is 1. The van der Waals surface area contributed by atoms with Crippen molar-refractivity contribution in [1.29, 1.82) is 0 Å². The van der Waals surface area contributed by atoms with Gasteiger partial charge in [0.15, 0.2) is 5.12 Å². The number of hydrogen-bond donors (Lipinski definition) is 2. The second-order valence-corrected chi connectivity index (χ2v) is 6.95. The van der Waals surface area contributed by atoms with Crippen LogP contribution in [0.25, 0.3) is 0 Å². The minimum Gasteiger partial charge on any atom is -0.435 e. The molecule has 0 radical (unpaired) electrons. The van der Waals surface area contributed by atoms with Gasteiger partial charge in [0.1, 0.15) is 6.04 Å². The first kappa shape index (κ1) is 16.7. The number of carbonyl (C=O) groups excluding carboxylic acids is 2. The summed E-state index contributed by atoms with van der Waals surface area (Å²) in [7, 11) is 0. The molecule has 1 aromatic heterocycles. The van der Waals surface area contributed by atoms with E-state index >= 15 is 0 Å². The van der Waals surface area contributed by atoms with E-state index in [1.807, 2.05) is 0 Å². The molecule has 3 atom stereocenters. The highest BCUT2D eigenvalue weighted by Crippen LogP contribution is 2.36. The quantitative estimate of drug-likeness (QED) is 0.824. The summed E-state index contributed by atoms with van der Waals surface area (Å²) in [6.45, 7) is 3.54. The molecular weight excluding hydrogens is 306 g/mol. The van der Waals surface area contributed by atoms with E-state index in [0.717, 1.165) is 11.8 Å². The van der Waals surface area contributed by atoms with E-state index < -0.39 is 15.8 Å². The molecule has 2 amide bonds. The van der Waals surface area contributed by atoms with E-state index in [0.29, 0.717) is 25.1 Å². The highest BCUT2D eigenvalue weighted by molar-refractivity contribution is 8.13. The zero-order chi connectivity index (χ0) is 16.3. The molecule has 8 heteroatoms. The standard InChI is InChI=1S/C14H19N3O4S/c1-9-4-3-5-17(9,14(20)21)13(19)6-12(22-10(2)18)11-7-15-8-16-11/h7-9,12H,3-6H2,1-2H3,(H-,15,16,20,21)/p+1/t9-,12?,17?/m1/s1. The summed E-state index contributed by atoms with van der Waals surface area (Å²) in [4.78, 5) is 42.7. The number of likely N-dealkylation sites (tertiary alicyclic amines) is 1. The summed E-state index contributed by atoms with van der Waals surface area (Å²) in [6.07, 6.45) is 3.36. The number of H-pyrrole nitrogens is 1.